The lowest BCUT2D eigenvalue weighted by atomic mass is 9.88. The highest BCUT2D eigenvalue weighted by Gasteiger charge is 2.21. The lowest BCUT2D eigenvalue weighted by Crippen LogP contribution is -2.24. The maximum atomic E-state index is 14.6. The van der Waals surface area contributed by atoms with Gasteiger partial charge in [0.15, 0.2) is 5.82 Å². The highest BCUT2D eigenvalue weighted by atomic mass is 19.1. The SMILES string of the molecule is O=C(Nc1cncc(-c2ccc3[nH]nc(-c4nc5c(-c6ccccc6F)cccc5[nH]4)c3c2)c1)C1CCCCC1. The number of amides is 1. The Kier molecular flexibility index (Phi) is 6.07. The number of pyridine rings is 1. The van der Waals surface area contributed by atoms with E-state index in [4.69, 9.17) is 4.98 Å². The molecule has 0 atom stereocenters. The Labute approximate surface area is 229 Å². The number of para-hydroxylation sites is 1. The number of imidazole rings is 1. The van der Waals surface area contributed by atoms with Crippen molar-refractivity contribution in [1.82, 2.24) is 25.1 Å². The van der Waals surface area contributed by atoms with Crippen LogP contribution < -0.4 is 5.32 Å². The minimum Gasteiger partial charge on any atom is -0.337 e. The molecule has 0 unspecified atom stereocenters. The lowest BCUT2D eigenvalue weighted by molar-refractivity contribution is -0.120. The van der Waals surface area contributed by atoms with E-state index in [1.54, 1.807) is 24.5 Å². The summed E-state index contributed by atoms with van der Waals surface area (Å²) in [6.07, 6.45) is 8.80. The molecule has 40 heavy (non-hydrogen) atoms. The van der Waals surface area contributed by atoms with E-state index in [-0.39, 0.29) is 17.6 Å². The second kappa shape index (κ2) is 10.0. The van der Waals surface area contributed by atoms with E-state index in [9.17, 15) is 9.18 Å². The summed E-state index contributed by atoms with van der Waals surface area (Å²) in [5, 5.41) is 11.6. The normalized spacial score (nSPS) is 14.1. The number of anilines is 1. The maximum absolute atomic E-state index is 14.6. The molecule has 3 heterocycles. The van der Waals surface area contributed by atoms with Crippen LogP contribution >= 0.6 is 0 Å². The number of carbonyl (C=O) groups excluding carboxylic acids is 1. The van der Waals surface area contributed by atoms with Gasteiger partial charge in [-0.1, -0.05) is 55.7 Å². The number of nitrogens with zero attached hydrogens (tertiary/aromatic N) is 3. The van der Waals surface area contributed by atoms with Gasteiger partial charge in [0.25, 0.3) is 0 Å². The van der Waals surface area contributed by atoms with Crippen LogP contribution in [0.3, 0.4) is 0 Å². The van der Waals surface area contributed by atoms with Crippen molar-refractivity contribution >= 4 is 33.5 Å². The second-order valence-corrected chi connectivity index (χ2v) is 10.4. The van der Waals surface area contributed by atoms with E-state index < -0.39 is 0 Å². The Morgan fingerprint density at radius 1 is 0.875 bits per heavy atom. The maximum Gasteiger partial charge on any atom is 0.227 e. The molecule has 6 aromatic rings. The molecule has 1 amide bonds. The van der Waals surface area contributed by atoms with E-state index in [2.05, 4.69) is 25.5 Å². The van der Waals surface area contributed by atoms with Crippen molar-refractivity contribution in [2.24, 2.45) is 5.92 Å². The van der Waals surface area contributed by atoms with E-state index >= 15 is 0 Å². The number of H-pyrrole nitrogens is 2. The average Bonchev–Trinajstić information content (AvgIpc) is 3.62. The molecule has 1 aliphatic rings. The predicted octanol–water partition coefficient (Wildman–Crippen LogP) is 7.49. The van der Waals surface area contributed by atoms with Crippen LogP contribution in [0.25, 0.3) is 55.7 Å². The van der Waals surface area contributed by atoms with Crippen LogP contribution in [-0.4, -0.2) is 31.1 Å². The van der Waals surface area contributed by atoms with Crippen LogP contribution in [-0.2, 0) is 4.79 Å². The number of aromatic nitrogens is 5. The zero-order valence-corrected chi connectivity index (χ0v) is 21.7. The average molecular weight is 531 g/mol. The van der Waals surface area contributed by atoms with Gasteiger partial charge in [0.1, 0.15) is 11.5 Å². The summed E-state index contributed by atoms with van der Waals surface area (Å²) in [4.78, 5) is 25.4. The number of carbonyl (C=O) groups is 1. The molecular weight excluding hydrogens is 503 g/mol. The third kappa shape index (κ3) is 4.41. The van der Waals surface area contributed by atoms with Gasteiger partial charge >= 0.3 is 0 Å². The predicted molar refractivity (Wildman–Crippen MR) is 155 cm³/mol. The van der Waals surface area contributed by atoms with Crippen LogP contribution in [0.15, 0.2) is 79.1 Å². The van der Waals surface area contributed by atoms with Crippen molar-refractivity contribution < 1.29 is 9.18 Å². The Balaban J connectivity index is 1.23. The number of hydrogen-bond acceptors (Lipinski definition) is 4. The summed E-state index contributed by atoms with van der Waals surface area (Å²) in [6.45, 7) is 0. The Morgan fingerprint density at radius 3 is 2.60 bits per heavy atom. The van der Waals surface area contributed by atoms with E-state index in [0.29, 0.717) is 28.3 Å². The summed E-state index contributed by atoms with van der Waals surface area (Å²) >= 11 is 0. The van der Waals surface area contributed by atoms with Crippen LogP contribution in [0.5, 0.6) is 0 Å². The van der Waals surface area contributed by atoms with Gasteiger partial charge in [0, 0.05) is 34.2 Å². The van der Waals surface area contributed by atoms with E-state index in [1.807, 2.05) is 48.5 Å². The Hall–Kier alpha value is -4.85. The van der Waals surface area contributed by atoms with E-state index in [0.717, 1.165) is 58.8 Å². The van der Waals surface area contributed by atoms with Gasteiger partial charge in [-0.3, -0.25) is 14.9 Å². The molecule has 7 nitrogen and oxygen atoms in total. The van der Waals surface area contributed by atoms with Gasteiger partial charge in [-0.25, -0.2) is 9.37 Å². The smallest absolute Gasteiger partial charge is 0.227 e. The Bertz CT molecular complexity index is 1870. The van der Waals surface area contributed by atoms with Gasteiger partial charge in [0.2, 0.25) is 5.91 Å². The van der Waals surface area contributed by atoms with Gasteiger partial charge < -0.3 is 10.3 Å². The highest BCUT2D eigenvalue weighted by molar-refractivity contribution is 5.99. The Morgan fingerprint density at radius 2 is 1.73 bits per heavy atom. The van der Waals surface area contributed by atoms with Crippen molar-refractivity contribution in [2.75, 3.05) is 5.32 Å². The summed E-state index contributed by atoms with van der Waals surface area (Å²) in [6, 6.07) is 20.4. The first-order valence-corrected chi connectivity index (χ1v) is 13.6. The fourth-order valence-corrected chi connectivity index (χ4v) is 5.69. The van der Waals surface area contributed by atoms with Gasteiger partial charge in [-0.05, 0) is 48.7 Å². The molecule has 1 aliphatic carbocycles. The third-order valence-electron chi connectivity index (χ3n) is 7.78. The largest absolute Gasteiger partial charge is 0.337 e. The van der Waals surface area contributed by atoms with Gasteiger partial charge in [0.05, 0.1) is 28.4 Å². The number of rotatable bonds is 5. The molecule has 0 spiro atoms. The molecular formula is C32H27FN6O. The number of nitrogens with one attached hydrogen (secondary N) is 3. The zero-order chi connectivity index (χ0) is 27.1. The summed E-state index contributed by atoms with van der Waals surface area (Å²) in [7, 11) is 0. The topological polar surface area (TPSA) is 99.3 Å². The number of halogens is 1. The standard InChI is InChI=1S/C32H27FN6O/c33-26-11-5-4-9-23(26)24-10-6-12-28-29(24)37-31(36-28)30-25-16-20(13-14-27(25)38-39-30)21-15-22(18-34-17-21)35-32(40)19-7-2-1-3-8-19/h4-6,9-19H,1-3,7-8H2,(H,35,40)(H,36,37)(H,38,39). The van der Waals surface area contributed by atoms with Crippen molar-refractivity contribution in [3.8, 4) is 33.8 Å². The van der Waals surface area contributed by atoms with Crippen molar-refractivity contribution in [3.05, 3.63) is 84.9 Å². The number of aromatic amines is 2. The van der Waals surface area contributed by atoms with Crippen molar-refractivity contribution in [1.29, 1.82) is 0 Å². The highest BCUT2D eigenvalue weighted by Crippen LogP contribution is 2.34. The molecule has 198 valence electrons. The van der Waals surface area contributed by atoms with Crippen LogP contribution in [0.4, 0.5) is 10.1 Å². The van der Waals surface area contributed by atoms with Crippen LogP contribution in [0.1, 0.15) is 32.1 Å². The molecule has 0 bridgehead atoms. The quantitative estimate of drug-likeness (QED) is 0.215. The minimum atomic E-state index is -0.291. The fraction of sp³-hybridized carbons (Fsp3) is 0.188. The van der Waals surface area contributed by atoms with Crippen LogP contribution in [0.2, 0.25) is 0 Å². The van der Waals surface area contributed by atoms with Gasteiger partial charge in [-0.15, -0.1) is 0 Å². The first-order valence-electron chi connectivity index (χ1n) is 13.6. The molecule has 0 radical (unpaired) electrons. The van der Waals surface area contributed by atoms with Crippen LogP contribution in [0, 0.1) is 11.7 Å². The summed E-state index contributed by atoms with van der Waals surface area (Å²) in [5.74, 6) is 0.449. The number of benzene rings is 3. The third-order valence-corrected chi connectivity index (χ3v) is 7.78. The van der Waals surface area contributed by atoms with Crippen molar-refractivity contribution in [2.45, 2.75) is 32.1 Å². The molecule has 3 aromatic heterocycles. The molecule has 0 aliphatic heterocycles. The molecule has 3 aromatic carbocycles. The first-order chi connectivity index (χ1) is 19.6. The summed E-state index contributed by atoms with van der Waals surface area (Å²) in [5.41, 5.74) is 6.76. The minimum absolute atomic E-state index is 0.0740. The molecule has 0 saturated heterocycles. The number of hydrogen-bond donors (Lipinski definition) is 3. The molecule has 7 rings (SSSR count). The first kappa shape index (κ1) is 24.2. The van der Waals surface area contributed by atoms with Gasteiger partial charge in [-0.2, -0.15) is 5.10 Å². The zero-order valence-electron chi connectivity index (χ0n) is 21.7. The summed E-state index contributed by atoms with van der Waals surface area (Å²) < 4.78 is 14.6. The molecule has 1 saturated carbocycles. The van der Waals surface area contributed by atoms with Crippen molar-refractivity contribution in [3.63, 3.8) is 0 Å². The lowest BCUT2D eigenvalue weighted by Gasteiger charge is -2.20. The molecule has 1 fully saturated rings. The second-order valence-electron chi connectivity index (χ2n) is 10.4. The number of fused-ring (bicyclic) bond motifs is 2. The monoisotopic (exact) mass is 530 g/mol. The molecule has 3 N–H and O–H groups in total. The fourth-order valence-electron chi connectivity index (χ4n) is 5.69. The molecule has 8 heteroatoms. The van der Waals surface area contributed by atoms with E-state index in [1.165, 1.54) is 12.5 Å².